The highest BCUT2D eigenvalue weighted by Crippen LogP contribution is 2.40. The van der Waals surface area contributed by atoms with E-state index in [1.807, 2.05) is 0 Å². The molecule has 0 fully saturated rings. The molecule has 24 heavy (non-hydrogen) atoms. The fourth-order valence-corrected chi connectivity index (χ4v) is 8.59. The zero-order valence-electron chi connectivity index (χ0n) is 15.8. The minimum atomic E-state index is -1.78. The van der Waals surface area contributed by atoms with Crippen molar-refractivity contribution in [2.45, 2.75) is 71.2 Å². The highest BCUT2D eigenvalue weighted by atomic mass is 28.3. The topological polar surface area (TPSA) is 59.4 Å². The Morgan fingerprint density at radius 1 is 1.08 bits per heavy atom. The maximum absolute atomic E-state index is 10.8. The fourth-order valence-electron chi connectivity index (χ4n) is 3.38. The standard InChI is InChI=1S/C19H29NO3Si/c1-13(2)24(14(3)4,15(5)6)11-10-17-8-9-18(12-20-17)23-16(7)19(21)22/h8-9,12-16H,1-7H3,(H,21,22). The zero-order chi connectivity index (χ0) is 18.5. The van der Waals surface area contributed by atoms with Crippen LogP contribution >= 0.6 is 0 Å². The average Bonchev–Trinajstić information content (AvgIpc) is 2.48. The van der Waals surface area contributed by atoms with Gasteiger partial charge < -0.3 is 9.84 Å². The van der Waals surface area contributed by atoms with Crippen molar-refractivity contribution in [3.63, 3.8) is 0 Å². The summed E-state index contributed by atoms with van der Waals surface area (Å²) in [5, 5.41) is 8.86. The van der Waals surface area contributed by atoms with E-state index in [0.29, 0.717) is 28.1 Å². The van der Waals surface area contributed by atoms with Crippen LogP contribution in [0.2, 0.25) is 16.6 Å². The van der Waals surface area contributed by atoms with Crippen molar-refractivity contribution < 1.29 is 14.6 Å². The number of carbonyl (C=O) groups is 1. The molecule has 0 radical (unpaired) electrons. The molecule has 0 aliphatic rings. The second kappa shape index (κ2) is 8.34. The number of hydrogen-bond acceptors (Lipinski definition) is 3. The Morgan fingerprint density at radius 2 is 1.62 bits per heavy atom. The first-order valence-corrected chi connectivity index (χ1v) is 10.7. The van der Waals surface area contributed by atoms with Crippen LogP contribution in [-0.2, 0) is 4.79 Å². The maximum Gasteiger partial charge on any atom is 0.344 e. The Morgan fingerprint density at radius 3 is 2.00 bits per heavy atom. The number of aliphatic carboxylic acids is 1. The van der Waals surface area contributed by atoms with E-state index in [1.165, 1.54) is 13.1 Å². The van der Waals surface area contributed by atoms with Crippen molar-refractivity contribution >= 4 is 14.0 Å². The molecule has 1 N–H and O–H groups in total. The van der Waals surface area contributed by atoms with Crippen LogP contribution in [0.1, 0.15) is 54.2 Å². The van der Waals surface area contributed by atoms with Crippen molar-refractivity contribution in [3.8, 4) is 17.2 Å². The molecule has 0 aliphatic carbocycles. The smallest absolute Gasteiger partial charge is 0.344 e. The van der Waals surface area contributed by atoms with Gasteiger partial charge in [0.05, 0.1) is 6.20 Å². The first kappa shape index (κ1) is 20.2. The number of rotatable bonds is 6. The molecule has 0 saturated carbocycles. The largest absolute Gasteiger partial charge is 0.479 e. The first-order valence-electron chi connectivity index (χ1n) is 8.49. The minimum absolute atomic E-state index is 0.440. The van der Waals surface area contributed by atoms with Crippen molar-refractivity contribution in [1.29, 1.82) is 0 Å². The third-order valence-electron chi connectivity index (χ3n) is 4.67. The molecule has 0 spiro atoms. The maximum atomic E-state index is 10.8. The molecule has 1 heterocycles. The molecule has 1 unspecified atom stereocenters. The zero-order valence-corrected chi connectivity index (χ0v) is 16.8. The van der Waals surface area contributed by atoms with Gasteiger partial charge in [-0.3, -0.25) is 0 Å². The van der Waals surface area contributed by atoms with E-state index in [2.05, 4.69) is 58.0 Å². The lowest BCUT2D eigenvalue weighted by Gasteiger charge is -2.38. The number of hydrogen-bond donors (Lipinski definition) is 1. The summed E-state index contributed by atoms with van der Waals surface area (Å²) < 4.78 is 5.29. The highest BCUT2D eigenvalue weighted by Gasteiger charge is 2.41. The van der Waals surface area contributed by atoms with Gasteiger partial charge in [-0.15, -0.1) is 5.54 Å². The summed E-state index contributed by atoms with van der Waals surface area (Å²) in [5.41, 5.74) is 6.04. The molecule has 4 nitrogen and oxygen atoms in total. The predicted octanol–water partition coefficient (Wildman–Crippen LogP) is 4.50. The van der Waals surface area contributed by atoms with Crippen LogP contribution in [0.15, 0.2) is 18.3 Å². The molecule has 0 saturated heterocycles. The van der Waals surface area contributed by atoms with Crippen molar-refractivity contribution in [2.24, 2.45) is 0 Å². The van der Waals surface area contributed by atoms with E-state index >= 15 is 0 Å². The third kappa shape index (κ3) is 4.61. The molecule has 0 amide bonds. The molecule has 5 heteroatoms. The average molecular weight is 348 g/mol. The van der Waals surface area contributed by atoms with Crippen LogP contribution in [-0.4, -0.2) is 30.2 Å². The number of ether oxygens (including phenoxy) is 1. The van der Waals surface area contributed by atoms with Gasteiger partial charge in [0.25, 0.3) is 0 Å². The van der Waals surface area contributed by atoms with Gasteiger partial charge in [-0.25, -0.2) is 9.78 Å². The van der Waals surface area contributed by atoms with E-state index in [9.17, 15) is 4.79 Å². The second-order valence-corrected chi connectivity index (χ2v) is 12.7. The van der Waals surface area contributed by atoms with Crippen LogP contribution in [0.25, 0.3) is 0 Å². The Labute approximate surface area is 146 Å². The lowest BCUT2D eigenvalue weighted by atomic mass is 10.3. The summed E-state index contributed by atoms with van der Waals surface area (Å²) in [5.74, 6) is 2.70. The quantitative estimate of drug-likeness (QED) is 0.608. The number of aromatic nitrogens is 1. The molecule has 1 aromatic heterocycles. The van der Waals surface area contributed by atoms with Gasteiger partial charge >= 0.3 is 5.97 Å². The fraction of sp³-hybridized carbons (Fsp3) is 0.579. The van der Waals surface area contributed by atoms with Gasteiger partial charge in [-0.1, -0.05) is 47.5 Å². The van der Waals surface area contributed by atoms with Crippen LogP contribution in [0, 0.1) is 11.5 Å². The molecule has 0 bridgehead atoms. The van der Waals surface area contributed by atoms with Crippen molar-refractivity contribution in [2.75, 3.05) is 0 Å². The number of nitrogens with zero attached hydrogens (tertiary/aromatic N) is 1. The van der Waals surface area contributed by atoms with Gasteiger partial charge in [0.1, 0.15) is 19.5 Å². The summed E-state index contributed by atoms with van der Waals surface area (Å²) in [6.45, 7) is 15.1. The van der Waals surface area contributed by atoms with Gasteiger partial charge in [0.15, 0.2) is 6.10 Å². The summed E-state index contributed by atoms with van der Waals surface area (Å²) in [7, 11) is -1.78. The van der Waals surface area contributed by atoms with Crippen LogP contribution in [0.4, 0.5) is 0 Å². The van der Waals surface area contributed by atoms with Crippen LogP contribution < -0.4 is 4.74 Å². The lowest BCUT2D eigenvalue weighted by Crippen LogP contribution is -2.43. The molecule has 1 atom stereocenters. The first-order chi connectivity index (χ1) is 11.1. The number of carboxylic acid groups (broad SMARTS) is 1. The second-order valence-electron chi connectivity index (χ2n) is 7.12. The summed E-state index contributed by atoms with van der Waals surface area (Å²) in [6, 6.07) is 3.51. The van der Waals surface area contributed by atoms with Gasteiger partial charge in [-0.2, -0.15) is 0 Å². The predicted molar refractivity (Wildman–Crippen MR) is 99.9 cm³/mol. The molecular weight excluding hydrogens is 318 g/mol. The normalized spacial score (nSPS) is 12.9. The lowest BCUT2D eigenvalue weighted by molar-refractivity contribution is -0.144. The van der Waals surface area contributed by atoms with E-state index in [0.717, 1.165) is 0 Å². The van der Waals surface area contributed by atoms with Crippen LogP contribution in [0.3, 0.4) is 0 Å². The van der Waals surface area contributed by atoms with E-state index in [1.54, 1.807) is 12.1 Å². The monoisotopic (exact) mass is 347 g/mol. The molecule has 132 valence electrons. The number of carboxylic acids is 1. The van der Waals surface area contributed by atoms with Gasteiger partial charge in [-0.05, 0) is 35.7 Å². The van der Waals surface area contributed by atoms with Crippen molar-refractivity contribution in [3.05, 3.63) is 24.0 Å². The summed E-state index contributed by atoms with van der Waals surface area (Å²) >= 11 is 0. The molecule has 1 rings (SSSR count). The third-order valence-corrected chi connectivity index (χ3v) is 11.0. The van der Waals surface area contributed by atoms with E-state index in [-0.39, 0.29) is 0 Å². The Hall–Kier alpha value is -1.80. The van der Waals surface area contributed by atoms with E-state index in [4.69, 9.17) is 9.84 Å². The molecular formula is C19H29NO3Si. The van der Waals surface area contributed by atoms with E-state index < -0.39 is 20.1 Å². The summed E-state index contributed by atoms with van der Waals surface area (Å²) in [6.07, 6.45) is 0.638. The Bertz CT molecular complexity index is 590. The Balaban J connectivity index is 3.04. The highest BCUT2D eigenvalue weighted by molar-refractivity contribution is 6.90. The molecule has 1 aromatic rings. The molecule has 0 aromatic carbocycles. The Kier molecular flexibility index (Phi) is 7.03. The summed E-state index contributed by atoms with van der Waals surface area (Å²) in [4.78, 5) is 15.1. The number of pyridine rings is 1. The molecule has 0 aliphatic heterocycles. The minimum Gasteiger partial charge on any atom is -0.479 e. The van der Waals surface area contributed by atoms with Gasteiger partial charge in [0.2, 0.25) is 0 Å². The van der Waals surface area contributed by atoms with Crippen LogP contribution in [0.5, 0.6) is 5.75 Å². The van der Waals surface area contributed by atoms with Crippen molar-refractivity contribution in [1.82, 2.24) is 4.98 Å². The SMILES string of the molecule is CC(Oc1ccc(C#C[Si](C(C)C)(C(C)C)C(C)C)nc1)C(=O)O. The van der Waals surface area contributed by atoms with Gasteiger partial charge in [0, 0.05) is 0 Å².